The molecule has 0 fully saturated rings. The van der Waals surface area contributed by atoms with Crippen LogP contribution in [0.1, 0.15) is 24.3 Å². The third-order valence-corrected chi connectivity index (χ3v) is 2.98. The molecule has 0 amide bonds. The first-order chi connectivity index (χ1) is 6.77. The quantitative estimate of drug-likeness (QED) is 0.676. The maximum absolute atomic E-state index is 5.87. The monoisotopic (exact) mass is 204 g/mol. The Hall–Kier alpha value is -1.01. The molecular formula is C13H13Cl. The van der Waals surface area contributed by atoms with Gasteiger partial charge in [-0.25, -0.2) is 0 Å². The molecule has 2 rings (SSSR count). The zero-order chi connectivity index (χ0) is 9.97. The van der Waals surface area contributed by atoms with E-state index < -0.39 is 0 Å². The van der Waals surface area contributed by atoms with Gasteiger partial charge < -0.3 is 0 Å². The Morgan fingerprint density at radius 2 is 2.00 bits per heavy atom. The summed E-state index contributed by atoms with van der Waals surface area (Å²) in [5.41, 5.74) is 2.61. The SMILES string of the molecule is C=C(Cl)C1=CCC(c2ccccc2)C1. The second kappa shape index (κ2) is 4.02. The second-order valence-electron chi connectivity index (χ2n) is 3.68. The van der Waals surface area contributed by atoms with Crippen LogP contribution in [0.4, 0.5) is 0 Å². The van der Waals surface area contributed by atoms with Crippen molar-refractivity contribution < 1.29 is 0 Å². The van der Waals surface area contributed by atoms with Crippen molar-refractivity contribution in [3.63, 3.8) is 0 Å². The average molecular weight is 205 g/mol. The van der Waals surface area contributed by atoms with Crippen molar-refractivity contribution in [2.45, 2.75) is 18.8 Å². The van der Waals surface area contributed by atoms with Crippen LogP contribution >= 0.6 is 11.6 Å². The summed E-state index contributed by atoms with van der Waals surface area (Å²) < 4.78 is 0. The molecule has 0 N–H and O–H groups in total. The second-order valence-corrected chi connectivity index (χ2v) is 4.14. The van der Waals surface area contributed by atoms with Gasteiger partial charge in [0.05, 0.1) is 0 Å². The van der Waals surface area contributed by atoms with Gasteiger partial charge in [0.2, 0.25) is 0 Å². The third-order valence-electron chi connectivity index (χ3n) is 2.73. The number of hydrogen-bond acceptors (Lipinski definition) is 0. The van der Waals surface area contributed by atoms with E-state index in [4.69, 9.17) is 11.6 Å². The van der Waals surface area contributed by atoms with Crippen LogP contribution in [0.3, 0.4) is 0 Å². The van der Waals surface area contributed by atoms with Crippen LogP contribution < -0.4 is 0 Å². The lowest BCUT2D eigenvalue weighted by Crippen LogP contribution is -1.92. The van der Waals surface area contributed by atoms with E-state index >= 15 is 0 Å². The highest BCUT2D eigenvalue weighted by molar-refractivity contribution is 6.31. The van der Waals surface area contributed by atoms with Gasteiger partial charge in [0.25, 0.3) is 0 Å². The smallest absolute Gasteiger partial charge is 0.0363 e. The Morgan fingerprint density at radius 3 is 2.57 bits per heavy atom. The zero-order valence-corrected chi connectivity index (χ0v) is 8.80. The first kappa shape index (κ1) is 9.54. The van der Waals surface area contributed by atoms with Crippen molar-refractivity contribution in [3.05, 3.63) is 59.2 Å². The molecule has 0 saturated carbocycles. The Balaban J connectivity index is 2.10. The third kappa shape index (κ3) is 1.91. The van der Waals surface area contributed by atoms with Gasteiger partial charge in [-0.2, -0.15) is 0 Å². The lowest BCUT2D eigenvalue weighted by Gasteiger charge is -2.09. The van der Waals surface area contributed by atoms with Crippen molar-refractivity contribution in [1.82, 2.24) is 0 Å². The molecule has 0 nitrogen and oxygen atoms in total. The summed E-state index contributed by atoms with van der Waals surface area (Å²) in [4.78, 5) is 0. The van der Waals surface area contributed by atoms with Gasteiger partial charge in [-0.15, -0.1) is 0 Å². The summed E-state index contributed by atoms with van der Waals surface area (Å²) in [6.07, 6.45) is 4.32. The van der Waals surface area contributed by atoms with E-state index in [1.165, 1.54) is 11.1 Å². The fourth-order valence-electron chi connectivity index (χ4n) is 1.92. The summed E-state index contributed by atoms with van der Waals surface area (Å²) >= 11 is 5.87. The van der Waals surface area contributed by atoms with Crippen LogP contribution in [0.15, 0.2) is 53.6 Å². The molecule has 1 aromatic rings. The van der Waals surface area contributed by atoms with Crippen LogP contribution in [0.2, 0.25) is 0 Å². The van der Waals surface area contributed by atoms with E-state index in [0.29, 0.717) is 11.0 Å². The van der Waals surface area contributed by atoms with Gasteiger partial charge in [-0.3, -0.25) is 0 Å². The molecule has 1 aliphatic rings. The van der Waals surface area contributed by atoms with Gasteiger partial charge in [0.1, 0.15) is 0 Å². The summed E-state index contributed by atoms with van der Waals surface area (Å²) in [5.74, 6) is 0.599. The lowest BCUT2D eigenvalue weighted by molar-refractivity contribution is 0.745. The molecule has 14 heavy (non-hydrogen) atoms. The Kier molecular flexibility index (Phi) is 2.74. The van der Waals surface area contributed by atoms with Gasteiger partial charge in [0.15, 0.2) is 0 Å². The molecule has 1 aromatic carbocycles. The van der Waals surface area contributed by atoms with Crippen molar-refractivity contribution in [1.29, 1.82) is 0 Å². The van der Waals surface area contributed by atoms with Gasteiger partial charge in [-0.1, -0.05) is 54.6 Å². The van der Waals surface area contributed by atoms with E-state index in [1.54, 1.807) is 0 Å². The highest BCUT2D eigenvalue weighted by atomic mass is 35.5. The summed E-state index contributed by atoms with van der Waals surface area (Å²) in [5, 5.41) is 0.698. The normalized spacial score (nSPS) is 20.6. The molecule has 0 spiro atoms. The molecule has 1 heteroatoms. The average Bonchev–Trinajstić information content (AvgIpc) is 2.68. The van der Waals surface area contributed by atoms with Crippen molar-refractivity contribution in [2.75, 3.05) is 0 Å². The standard InChI is InChI=1S/C13H13Cl/c1-10(14)12-7-8-13(9-12)11-5-3-2-4-6-11/h2-7,13H,1,8-9H2. The molecule has 1 atom stereocenters. The van der Waals surface area contributed by atoms with Gasteiger partial charge >= 0.3 is 0 Å². The van der Waals surface area contributed by atoms with E-state index in [2.05, 4.69) is 36.9 Å². The molecule has 0 aliphatic heterocycles. The predicted octanol–water partition coefficient (Wildman–Crippen LogP) is 4.24. The molecule has 0 aromatic heterocycles. The highest BCUT2D eigenvalue weighted by Gasteiger charge is 2.19. The lowest BCUT2D eigenvalue weighted by atomic mass is 9.96. The zero-order valence-electron chi connectivity index (χ0n) is 8.04. The fourth-order valence-corrected chi connectivity index (χ4v) is 2.07. The molecule has 0 heterocycles. The molecule has 0 saturated heterocycles. The predicted molar refractivity (Wildman–Crippen MR) is 61.5 cm³/mol. The summed E-state index contributed by atoms with van der Waals surface area (Å²) in [6, 6.07) is 10.6. The number of rotatable bonds is 2. The molecule has 1 aliphatic carbocycles. The topological polar surface area (TPSA) is 0 Å². The van der Waals surface area contributed by atoms with Crippen LogP contribution in [0, 0.1) is 0 Å². The first-order valence-corrected chi connectivity index (χ1v) is 5.24. The first-order valence-electron chi connectivity index (χ1n) is 4.86. The van der Waals surface area contributed by atoms with Crippen molar-refractivity contribution in [2.24, 2.45) is 0 Å². The number of benzene rings is 1. The van der Waals surface area contributed by atoms with Crippen molar-refractivity contribution in [3.8, 4) is 0 Å². The summed E-state index contributed by atoms with van der Waals surface area (Å²) in [6.45, 7) is 3.76. The highest BCUT2D eigenvalue weighted by Crippen LogP contribution is 2.37. The maximum Gasteiger partial charge on any atom is 0.0363 e. The van der Waals surface area contributed by atoms with E-state index in [0.717, 1.165) is 12.8 Å². The van der Waals surface area contributed by atoms with E-state index in [1.807, 2.05) is 6.07 Å². The molecular weight excluding hydrogens is 192 g/mol. The van der Waals surface area contributed by atoms with Gasteiger partial charge in [-0.05, 0) is 29.9 Å². The van der Waals surface area contributed by atoms with Crippen LogP contribution in [0.25, 0.3) is 0 Å². The minimum Gasteiger partial charge on any atom is -0.0847 e. The van der Waals surface area contributed by atoms with E-state index in [-0.39, 0.29) is 0 Å². The number of hydrogen-bond donors (Lipinski definition) is 0. The number of halogens is 1. The summed E-state index contributed by atoms with van der Waals surface area (Å²) in [7, 11) is 0. The fraction of sp³-hybridized carbons (Fsp3) is 0.231. The largest absolute Gasteiger partial charge is 0.0847 e. The maximum atomic E-state index is 5.87. The molecule has 0 bridgehead atoms. The molecule has 0 radical (unpaired) electrons. The minimum atomic E-state index is 0.599. The van der Waals surface area contributed by atoms with E-state index in [9.17, 15) is 0 Å². The van der Waals surface area contributed by atoms with Gasteiger partial charge in [0, 0.05) is 5.03 Å². The Labute approximate surface area is 89.9 Å². The Morgan fingerprint density at radius 1 is 1.29 bits per heavy atom. The molecule has 1 unspecified atom stereocenters. The minimum absolute atomic E-state index is 0.599. The van der Waals surface area contributed by atoms with Crippen LogP contribution in [0.5, 0.6) is 0 Å². The molecule has 72 valence electrons. The number of allylic oxidation sites excluding steroid dienone is 3. The Bertz CT molecular complexity index is 362. The van der Waals surface area contributed by atoms with Crippen molar-refractivity contribution >= 4 is 11.6 Å². The van der Waals surface area contributed by atoms with Crippen LogP contribution in [-0.2, 0) is 0 Å². The van der Waals surface area contributed by atoms with Crippen LogP contribution in [-0.4, -0.2) is 0 Å².